The van der Waals surface area contributed by atoms with Crippen LogP contribution in [0.15, 0.2) is 23.1 Å². The highest BCUT2D eigenvalue weighted by atomic mass is 35.5. The Kier molecular flexibility index (Phi) is 4.54. The molecule has 0 radical (unpaired) electrons. The van der Waals surface area contributed by atoms with E-state index in [9.17, 15) is 13.2 Å². The van der Waals surface area contributed by atoms with E-state index < -0.39 is 15.9 Å². The van der Waals surface area contributed by atoms with Crippen LogP contribution in [0.25, 0.3) is 0 Å². The number of benzene rings is 1. The van der Waals surface area contributed by atoms with Gasteiger partial charge in [0.05, 0.1) is 22.6 Å². The lowest BCUT2D eigenvalue weighted by Gasteiger charge is -2.33. The predicted molar refractivity (Wildman–Crippen MR) is 82.6 cm³/mol. The van der Waals surface area contributed by atoms with Crippen LogP contribution < -0.4 is 5.32 Å². The number of rotatable bonds is 2. The van der Waals surface area contributed by atoms with Crippen LogP contribution in [0.2, 0.25) is 5.02 Å². The van der Waals surface area contributed by atoms with Crippen molar-refractivity contribution < 1.29 is 13.2 Å². The quantitative estimate of drug-likeness (QED) is 0.872. The second kappa shape index (κ2) is 5.76. The van der Waals surface area contributed by atoms with Crippen LogP contribution in [-0.4, -0.2) is 45.1 Å². The highest BCUT2D eigenvalue weighted by Crippen LogP contribution is 2.38. The van der Waals surface area contributed by atoms with E-state index in [2.05, 4.69) is 5.32 Å². The van der Waals surface area contributed by atoms with Crippen molar-refractivity contribution in [3.8, 4) is 0 Å². The van der Waals surface area contributed by atoms with Crippen molar-refractivity contribution in [1.82, 2.24) is 10.2 Å². The van der Waals surface area contributed by atoms with E-state index in [1.54, 1.807) is 24.1 Å². The summed E-state index contributed by atoms with van der Waals surface area (Å²) in [4.78, 5) is 14.1. The van der Waals surface area contributed by atoms with Crippen LogP contribution in [0, 0.1) is 5.92 Å². The summed E-state index contributed by atoms with van der Waals surface area (Å²) >= 11 is 5.96. The lowest BCUT2D eigenvalue weighted by molar-refractivity contribution is -0.137. The van der Waals surface area contributed by atoms with Crippen LogP contribution in [0.1, 0.15) is 11.6 Å². The predicted octanol–water partition coefficient (Wildman–Crippen LogP) is 1.27. The molecule has 1 aromatic rings. The summed E-state index contributed by atoms with van der Waals surface area (Å²) in [5, 5.41) is 3.53. The van der Waals surface area contributed by atoms with E-state index >= 15 is 0 Å². The third kappa shape index (κ3) is 2.77. The third-order valence-electron chi connectivity index (χ3n) is 3.99. The van der Waals surface area contributed by atoms with Crippen LogP contribution in [0.5, 0.6) is 0 Å². The first kappa shape index (κ1) is 16.5. The van der Waals surface area contributed by atoms with E-state index in [0.29, 0.717) is 28.6 Å². The van der Waals surface area contributed by atoms with Crippen molar-refractivity contribution in [2.75, 3.05) is 25.9 Å². The number of halogens is 2. The summed E-state index contributed by atoms with van der Waals surface area (Å²) in [6.45, 7) is 1.32. The largest absolute Gasteiger partial charge is 0.337 e. The first-order valence-electron chi connectivity index (χ1n) is 6.40. The summed E-state index contributed by atoms with van der Waals surface area (Å²) in [5.74, 6) is -0.131. The van der Waals surface area contributed by atoms with Gasteiger partial charge < -0.3 is 10.2 Å². The number of sulfone groups is 1. The Labute approximate surface area is 135 Å². The standard InChI is InChI=1S/C13H15ClN2O3S.ClH/c1-16(13(17)8-5-15-6-8)11-7-20(18,19)12-3-2-9(14)4-10(11)12;/h2-4,8,11,15H,5-7H2,1H3;1H. The van der Waals surface area contributed by atoms with Gasteiger partial charge in [0, 0.05) is 25.2 Å². The Morgan fingerprint density at radius 2 is 2.05 bits per heavy atom. The Morgan fingerprint density at radius 3 is 2.62 bits per heavy atom. The number of fused-ring (bicyclic) bond motifs is 1. The fourth-order valence-corrected chi connectivity index (χ4v) is 4.68. The topological polar surface area (TPSA) is 66.5 Å². The molecule has 1 atom stereocenters. The molecule has 2 aliphatic heterocycles. The van der Waals surface area contributed by atoms with Gasteiger partial charge in [0.1, 0.15) is 0 Å². The van der Waals surface area contributed by atoms with Gasteiger partial charge in [-0.3, -0.25) is 4.79 Å². The normalized spacial score (nSPS) is 22.9. The van der Waals surface area contributed by atoms with Gasteiger partial charge in [-0.1, -0.05) is 11.6 Å². The molecular formula is C13H16Cl2N2O3S. The van der Waals surface area contributed by atoms with Gasteiger partial charge in [-0.25, -0.2) is 8.42 Å². The highest BCUT2D eigenvalue weighted by molar-refractivity contribution is 7.91. The fourth-order valence-electron chi connectivity index (χ4n) is 2.68. The first-order valence-corrected chi connectivity index (χ1v) is 8.43. The van der Waals surface area contributed by atoms with Gasteiger partial charge in [0.25, 0.3) is 0 Å². The second-order valence-corrected chi connectivity index (χ2v) is 7.72. The molecule has 1 amide bonds. The van der Waals surface area contributed by atoms with Crippen molar-refractivity contribution in [2.45, 2.75) is 10.9 Å². The van der Waals surface area contributed by atoms with Crippen LogP contribution >= 0.6 is 24.0 Å². The number of nitrogens with one attached hydrogen (secondary N) is 1. The Balaban J connectivity index is 0.00000161. The lowest BCUT2D eigenvalue weighted by atomic mass is 9.99. The second-order valence-electron chi connectivity index (χ2n) is 5.28. The fraction of sp³-hybridized carbons (Fsp3) is 0.462. The molecule has 21 heavy (non-hydrogen) atoms. The number of hydrogen-bond donors (Lipinski definition) is 1. The van der Waals surface area contributed by atoms with Crippen molar-refractivity contribution in [2.24, 2.45) is 5.92 Å². The number of carbonyl (C=O) groups excluding carboxylic acids is 1. The monoisotopic (exact) mass is 350 g/mol. The zero-order valence-corrected chi connectivity index (χ0v) is 13.8. The van der Waals surface area contributed by atoms with Gasteiger partial charge in [0.2, 0.25) is 5.91 Å². The van der Waals surface area contributed by atoms with Gasteiger partial charge in [0.15, 0.2) is 9.84 Å². The molecule has 1 N–H and O–H groups in total. The minimum atomic E-state index is -3.33. The SMILES string of the molecule is CN(C(=O)C1CNC1)C1CS(=O)(=O)c2ccc(Cl)cc21.Cl. The molecule has 5 nitrogen and oxygen atoms in total. The minimum absolute atomic E-state index is 0. The number of hydrogen-bond acceptors (Lipinski definition) is 4. The minimum Gasteiger partial charge on any atom is -0.337 e. The average molecular weight is 351 g/mol. The maximum atomic E-state index is 12.3. The Morgan fingerprint density at radius 1 is 1.38 bits per heavy atom. The zero-order valence-electron chi connectivity index (χ0n) is 11.4. The van der Waals surface area contributed by atoms with Crippen molar-refractivity contribution in [3.05, 3.63) is 28.8 Å². The molecule has 0 aromatic heterocycles. The lowest BCUT2D eigenvalue weighted by Crippen LogP contribution is -2.51. The molecule has 2 heterocycles. The first-order chi connectivity index (χ1) is 9.40. The molecule has 116 valence electrons. The van der Waals surface area contributed by atoms with Crippen LogP contribution in [-0.2, 0) is 14.6 Å². The average Bonchev–Trinajstić information content (AvgIpc) is 2.57. The van der Waals surface area contributed by atoms with E-state index in [1.165, 1.54) is 6.07 Å². The molecule has 3 rings (SSSR count). The maximum absolute atomic E-state index is 12.3. The number of nitrogens with zero attached hydrogens (tertiary/aromatic N) is 1. The highest BCUT2D eigenvalue weighted by Gasteiger charge is 2.40. The number of amides is 1. The molecule has 1 fully saturated rings. The summed E-state index contributed by atoms with van der Waals surface area (Å²) in [7, 11) is -1.67. The van der Waals surface area contributed by atoms with Gasteiger partial charge >= 0.3 is 0 Å². The molecule has 0 spiro atoms. The van der Waals surface area contributed by atoms with Crippen LogP contribution in [0.4, 0.5) is 0 Å². The molecule has 0 aliphatic carbocycles. The number of carbonyl (C=O) groups is 1. The van der Waals surface area contributed by atoms with Crippen molar-refractivity contribution in [3.63, 3.8) is 0 Å². The molecule has 8 heteroatoms. The molecule has 2 aliphatic rings. The van der Waals surface area contributed by atoms with E-state index in [-0.39, 0.29) is 30.0 Å². The third-order valence-corrected chi connectivity index (χ3v) is 6.02. The molecule has 0 bridgehead atoms. The summed E-state index contributed by atoms with van der Waals surface area (Å²) in [6.07, 6.45) is 0. The molecule has 1 unspecified atom stereocenters. The molecule has 1 saturated heterocycles. The van der Waals surface area contributed by atoms with Gasteiger partial charge in [-0.15, -0.1) is 12.4 Å². The molecular weight excluding hydrogens is 335 g/mol. The summed E-state index contributed by atoms with van der Waals surface area (Å²) < 4.78 is 24.3. The molecule has 1 aromatic carbocycles. The zero-order chi connectivity index (χ0) is 14.5. The van der Waals surface area contributed by atoms with Gasteiger partial charge in [-0.05, 0) is 23.8 Å². The van der Waals surface area contributed by atoms with Crippen molar-refractivity contribution >= 4 is 39.8 Å². The summed E-state index contributed by atoms with van der Waals surface area (Å²) in [5.41, 5.74) is 0.626. The summed E-state index contributed by atoms with van der Waals surface area (Å²) in [6, 6.07) is 4.30. The Bertz CT molecular complexity index is 674. The van der Waals surface area contributed by atoms with E-state index in [0.717, 1.165) is 0 Å². The van der Waals surface area contributed by atoms with Crippen LogP contribution in [0.3, 0.4) is 0 Å². The maximum Gasteiger partial charge on any atom is 0.228 e. The van der Waals surface area contributed by atoms with Gasteiger partial charge in [-0.2, -0.15) is 0 Å². The van der Waals surface area contributed by atoms with E-state index in [4.69, 9.17) is 11.6 Å². The smallest absolute Gasteiger partial charge is 0.228 e. The molecule has 0 saturated carbocycles. The Hall–Kier alpha value is -0.820. The van der Waals surface area contributed by atoms with Crippen molar-refractivity contribution in [1.29, 1.82) is 0 Å². The van der Waals surface area contributed by atoms with E-state index in [1.807, 2.05) is 0 Å².